The molecule has 0 bridgehead atoms. The number of anilines is 3. The third-order valence-electron chi connectivity index (χ3n) is 9.51. The summed E-state index contributed by atoms with van der Waals surface area (Å²) >= 11 is 0. The number of para-hydroxylation sites is 3. The average molecular weight is 601 g/mol. The minimum atomic E-state index is 0.875. The van der Waals surface area contributed by atoms with Crippen LogP contribution in [-0.2, 0) is 0 Å². The number of nitrogens with zero attached hydrogens (tertiary/aromatic N) is 2. The van der Waals surface area contributed by atoms with Crippen LogP contribution in [0.25, 0.3) is 71.0 Å². The Balaban J connectivity index is 1.27. The Hall–Kier alpha value is -6.32. The molecule has 2 heterocycles. The van der Waals surface area contributed by atoms with E-state index in [1.807, 2.05) is 0 Å². The Labute approximate surface area is 271 Å². The second-order valence-corrected chi connectivity index (χ2v) is 12.2. The number of furan rings is 1. The zero-order chi connectivity index (χ0) is 30.9. The summed E-state index contributed by atoms with van der Waals surface area (Å²) in [7, 11) is 0. The highest BCUT2D eigenvalue weighted by Gasteiger charge is 2.22. The molecule has 47 heavy (non-hydrogen) atoms. The second kappa shape index (κ2) is 10.1. The van der Waals surface area contributed by atoms with E-state index in [0.717, 1.165) is 44.7 Å². The fraction of sp³-hybridized carbons (Fsp3) is 0. The van der Waals surface area contributed by atoms with E-state index in [1.54, 1.807) is 0 Å². The minimum absolute atomic E-state index is 0.875. The quantitative estimate of drug-likeness (QED) is 0.200. The molecule has 0 aliphatic rings. The van der Waals surface area contributed by atoms with Crippen LogP contribution in [0.3, 0.4) is 0 Å². The molecule has 0 amide bonds. The van der Waals surface area contributed by atoms with Gasteiger partial charge in [-0.05, 0) is 88.3 Å². The van der Waals surface area contributed by atoms with Crippen molar-refractivity contribution < 1.29 is 4.42 Å². The van der Waals surface area contributed by atoms with E-state index >= 15 is 0 Å². The SMILES string of the molecule is c1ccc(N(c2ccc3c(c2)c2cc4ccccc4cc2n3-c2ccccc2)c2cccc3c2oc2ccc4ccccc4c23)cc1. The van der Waals surface area contributed by atoms with Crippen LogP contribution in [0, 0.1) is 0 Å². The molecule has 3 heteroatoms. The highest BCUT2D eigenvalue weighted by molar-refractivity contribution is 6.21. The molecule has 220 valence electrons. The number of benzene rings is 8. The summed E-state index contributed by atoms with van der Waals surface area (Å²) in [6.45, 7) is 0. The Morgan fingerprint density at radius 3 is 1.94 bits per heavy atom. The van der Waals surface area contributed by atoms with Gasteiger partial charge in [0.1, 0.15) is 5.58 Å². The average Bonchev–Trinajstić information content (AvgIpc) is 3.67. The molecule has 0 aliphatic carbocycles. The fourth-order valence-corrected chi connectivity index (χ4v) is 7.42. The first kappa shape index (κ1) is 26.0. The Kier molecular flexibility index (Phi) is 5.57. The smallest absolute Gasteiger partial charge is 0.159 e. The van der Waals surface area contributed by atoms with Crippen LogP contribution in [0.15, 0.2) is 174 Å². The summed E-state index contributed by atoms with van der Waals surface area (Å²) < 4.78 is 9.13. The molecule has 0 spiro atoms. The number of rotatable bonds is 4. The fourth-order valence-electron chi connectivity index (χ4n) is 7.42. The summed E-state index contributed by atoms with van der Waals surface area (Å²) in [5.74, 6) is 0. The topological polar surface area (TPSA) is 21.3 Å². The van der Waals surface area contributed by atoms with Crippen LogP contribution < -0.4 is 4.90 Å². The summed E-state index contributed by atoms with van der Waals surface area (Å²) in [4.78, 5) is 2.33. The van der Waals surface area contributed by atoms with Gasteiger partial charge in [-0.25, -0.2) is 0 Å². The zero-order valence-electron chi connectivity index (χ0n) is 25.5. The second-order valence-electron chi connectivity index (χ2n) is 12.2. The van der Waals surface area contributed by atoms with Crippen LogP contribution in [0.1, 0.15) is 0 Å². The standard InChI is InChI=1S/C44H28N2O/c1-3-15-32(16-4-1)45(40-21-11-20-36-43-35-19-10-9-12-29(35)22-25-42(43)47-44(36)40)34-23-24-39-38(28-34)37-26-30-13-7-8-14-31(30)27-41(37)46(39)33-17-5-2-6-18-33/h1-28H. The first-order valence-corrected chi connectivity index (χ1v) is 16.0. The third-order valence-corrected chi connectivity index (χ3v) is 9.51. The molecule has 0 fully saturated rings. The predicted octanol–water partition coefficient (Wildman–Crippen LogP) is 12.5. The van der Waals surface area contributed by atoms with Gasteiger partial charge < -0.3 is 13.9 Å². The molecular weight excluding hydrogens is 572 g/mol. The number of hydrogen-bond donors (Lipinski definition) is 0. The summed E-state index contributed by atoms with van der Waals surface area (Å²) in [5.41, 5.74) is 8.43. The van der Waals surface area contributed by atoms with Gasteiger partial charge in [0.15, 0.2) is 5.58 Å². The van der Waals surface area contributed by atoms with Gasteiger partial charge >= 0.3 is 0 Å². The van der Waals surface area contributed by atoms with Gasteiger partial charge in [-0.1, -0.05) is 103 Å². The van der Waals surface area contributed by atoms with Gasteiger partial charge in [0.05, 0.1) is 16.7 Å². The first-order chi connectivity index (χ1) is 23.3. The molecule has 0 atom stereocenters. The molecule has 0 aliphatic heterocycles. The number of aromatic nitrogens is 1. The van der Waals surface area contributed by atoms with Crippen molar-refractivity contribution in [3.05, 3.63) is 170 Å². The van der Waals surface area contributed by atoms with Crippen molar-refractivity contribution in [2.24, 2.45) is 0 Å². The van der Waals surface area contributed by atoms with Crippen LogP contribution in [0.2, 0.25) is 0 Å². The monoisotopic (exact) mass is 600 g/mol. The number of fused-ring (bicyclic) bond motifs is 9. The van der Waals surface area contributed by atoms with Crippen LogP contribution in [0.4, 0.5) is 17.1 Å². The van der Waals surface area contributed by atoms with Gasteiger partial charge in [0.2, 0.25) is 0 Å². The molecule has 0 saturated heterocycles. The van der Waals surface area contributed by atoms with Gasteiger partial charge in [0.25, 0.3) is 0 Å². The van der Waals surface area contributed by atoms with E-state index in [-0.39, 0.29) is 0 Å². The molecule has 0 saturated carbocycles. The normalized spacial score (nSPS) is 11.8. The van der Waals surface area contributed by atoms with Crippen LogP contribution in [0.5, 0.6) is 0 Å². The van der Waals surface area contributed by atoms with Crippen molar-refractivity contribution in [3.8, 4) is 5.69 Å². The maximum Gasteiger partial charge on any atom is 0.159 e. The van der Waals surface area contributed by atoms with E-state index in [9.17, 15) is 0 Å². The van der Waals surface area contributed by atoms with Crippen molar-refractivity contribution in [1.82, 2.24) is 4.57 Å². The third kappa shape index (κ3) is 3.93. The molecule has 0 radical (unpaired) electrons. The minimum Gasteiger partial charge on any atom is -0.454 e. The lowest BCUT2D eigenvalue weighted by atomic mass is 10.0. The van der Waals surface area contributed by atoms with Crippen molar-refractivity contribution in [2.75, 3.05) is 4.90 Å². The van der Waals surface area contributed by atoms with E-state index in [1.165, 1.54) is 43.4 Å². The highest BCUT2D eigenvalue weighted by atomic mass is 16.3. The zero-order valence-corrected chi connectivity index (χ0v) is 25.5. The van der Waals surface area contributed by atoms with Gasteiger partial charge in [-0.2, -0.15) is 0 Å². The molecule has 10 rings (SSSR count). The molecular formula is C44H28N2O. The number of hydrogen-bond acceptors (Lipinski definition) is 2. The maximum absolute atomic E-state index is 6.74. The summed E-state index contributed by atoms with van der Waals surface area (Å²) in [5, 5.41) is 9.58. The lowest BCUT2D eigenvalue weighted by molar-refractivity contribution is 0.669. The molecule has 10 aromatic rings. The lowest BCUT2D eigenvalue weighted by Crippen LogP contribution is -2.10. The Bertz CT molecular complexity index is 2790. The Morgan fingerprint density at radius 2 is 1.11 bits per heavy atom. The van der Waals surface area contributed by atoms with E-state index < -0.39 is 0 Å². The summed E-state index contributed by atoms with van der Waals surface area (Å²) in [6.07, 6.45) is 0. The maximum atomic E-state index is 6.74. The summed E-state index contributed by atoms with van der Waals surface area (Å²) in [6, 6.07) is 60.7. The molecule has 0 unspecified atom stereocenters. The van der Waals surface area contributed by atoms with E-state index in [0.29, 0.717) is 0 Å². The predicted molar refractivity (Wildman–Crippen MR) is 198 cm³/mol. The lowest BCUT2D eigenvalue weighted by Gasteiger charge is -2.25. The van der Waals surface area contributed by atoms with Gasteiger partial charge in [-0.3, -0.25) is 0 Å². The van der Waals surface area contributed by atoms with Crippen molar-refractivity contribution in [1.29, 1.82) is 0 Å². The van der Waals surface area contributed by atoms with E-state index in [2.05, 4.69) is 179 Å². The van der Waals surface area contributed by atoms with Gasteiger partial charge in [0, 0.05) is 38.6 Å². The largest absolute Gasteiger partial charge is 0.454 e. The van der Waals surface area contributed by atoms with Gasteiger partial charge in [-0.15, -0.1) is 0 Å². The molecule has 0 N–H and O–H groups in total. The molecule has 2 aromatic heterocycles. The van der Waals surface area contributed by atoms with E-state index in [4.69, 9.17) is 4.42 Å². The van der Waals surface area contributed by atoms with Crippen molar-refractivity contribution in [2.45, 2.75) is 0 Å². The van der Waals surface area contributed by atoms with Crippen LogP contribution in [-0.4, -0.2) is 4.57 Å². The first-order valence-electron chi connectivity index (χ1n) is 16.0. The van der Waals surface area contributed by atoms with Crippen molar-refractivity contribution in [3.63, 3.8) is 0 Å². The molecule has 3 nitrogen and oxygen atoms in total. The van der Waals surface area contributed by atoms with Crippen molar-refractivity contribution >= 4 is 82.4 Å². The molecule has 8 aromatic carbocycles. The highest BCUT2D eigenvalue weighted by Crippen LogP contribution is 2.45. The van der Waals surface area contributed by atoms with Crippen LogP contribution >= 0.6 is 0 Å². The Morgan fingerprint density at radius 1 is 0.426 bits per heavy atom.